The number of carbonyl (C=O) groups is 1. The number of ketones is 1. The monoisotopic (exact) mass is 425 g/mol. The summed E-state index contributed by atoms with van der Waals surface area (Å²) in [4.78, 5) is 15.4. The Balaban J connectivity index is 1.35. The van der Waals surface area contributed by atoms with E-state index in [4.69, 9.17) is 9.47 Å². The SMILES string of the molecule is CCOc1cc2c(cc1OCC)C(=O)C(CC1CCN(Cc3ccccc3F)CC1)C2. The molecule has 0 aromatic heterocycles. The van der Waals surface area contributed by atoms with Crippen molar-refractivity contribution < 1.29 is 18.7 Å². The number of carbonyl (C=O) groups excluding carboxylic acids is 1. The number of halogens is 1. The van der Waals surface area contributed by atoms with Crippen LogP contribution in [0.4, 0.5) is 4.39 Å². The van der Waals surface area contributed by atoms with E-state index in [1.165, 1.54) is 6.07 Å². The Labute approximate surface area is 184 Å². The second kappa shape index (κ2) is 9.82. The van der Waals surface area contributed by atoms with Gasteiger partial charge in [-0.2, -0.15) is 0 Å². The lowest BCUT2D eigenvalue weighted by atomic mass is 9.85. The molecule has 1 aliphatic carbocycles. The van der Waals surface area contributed by atoms with Crippen LogP contribution in [0.3, 0.4) is 0 Å². The molecule has 1 heterocycles. The minimum Gasteiger partial charge on any atom is -0.490 e. The highest BCUT2D eigenvalue weighted by Crippen LogP contribution is 2.40. The van der Waals surface area contributed by atoms with Crippen molar-refractivity contribution in [1.82, 2.24) is 4.90 Å². The van der Waals surface area contributed by atoms with Crippen molar-refractivity contribution in [1.29, 1.82) is 0 Å². The largest absolute Gasteiger partial charge is 0.490 e. The number of rotatable bonds is 8. The number of hydrogen-bond donors (Lipinski definition) is 0. The molecule has 2 aromatic carbocycles. The smallest absolute Gasteiger partial charge is 0.166 e. The number of ether oxygens (including phenoxy) is 2. The van der Waals surface area contributed by atoms with Crippen LogP contribution < -0.4 is 9.47 Å². The summed E-state index contributed by atoms with van der Waals surface area (Å²) in [6.45, 7) is 7.57. The molecule has 1 fully saturated rings. The molecule has 0 N–H and O–H groups in total. The average Bonchev–Trinajstić information content (AvgIpc) is 3.06. The number of fused-ring (bicyclic) bond motifs is 1. The highest BCUT2D eigenvalue weighted by atomic mass is 19.1. The lowest BCUT2D eigenvalue weighted by Crippen LogP contribution is -2.34. The van der Waals surface area contributed by atoms with E-state index in [2.05, 4.69) is 4.90 Å². The van der Waals surface area contributed by atoms with Crippen LogP contribution in [0.1, 0.15) is 54.6 Å². The molecule has 5 heteroatoms. The summed E-state index contributed by atoms with van der Waals surface area (Å²) in [5.41, 5.74) is 2.64. The molecule has 1 aliphatic heterocycles. The van der Waals surface area contributed by atoms with Gasteiger partial charge in [0.1, 0.15) is 5.82 Å². The van der Waals surface area contributed by atoms with Gasteiger partial charge in [-0.05, 0) is 82.3 Å². The lowest BCUT2D eigenvalue weighted by Gasteiger charge is -2.33. The zero-order chi connectivity index (χ0) is 21.8. The molecule has 0 bridgehead atoms. The molecule has 0 radical (unpaired) electrons. The molecule has 4 rings (SSSR count). The Hall–Kier alpha value is -2.40. The third-order valence-corrected chi connectivity index (χ3v) is 6.55. The first-order valence-electron chi connectivity index (χ1n) is 11.5. The zero-order valence-electron chi connectivity index (χ0n) is 18.5. The van der Waals surface area contributed by atoms with Crippen molar-refractivity contribution >= 4 is 5.78 Å². The van der Waals surface area contributed by atoms with E-state index >= 15 is 0 Å². The van der Waals surface area contributed by atoms with Crippen LogP contribution in [0.5, 0.6) is 11.5 Å². The number of Topliss-reactive ketones (excluding diaryl/α,β-unsaturated/α-hetero) is 1. The van der Waals surface area contributed by atoms with E-state index in [1.54, 1.807) is 6.07 Å². The van der Waals surface area contributed by atoms with Gasteiger partial charge >= 0.3 is 0 Å². The van der Waals surface area contributed by atoms with Gasteiger partial charge in [-0.25, -0.2) is 4.39 Å². The number of nitrogens with zero attached hydrogens (tertiary/aromatic N) is 1. The van der Waals surface area contributed by atoms with Gasteiger partial charge in [-0.15, -0.1) is 0 Å². The Kier molecular flexibility index (Phi) is 6.91. The van der Waals surface area contributed by atoms with Gasteiger partial charge in [0.25, 0.3) is 0 Å². The zero-order valence-corrected chi connectivity index (χ0v) is 18.5. The summed E-state index contributed by atoms with van der Waals surface area (Å²) < 4.78 is 25.4. The number of hydrogen-bond acceptors (Lipinski definition) is 4. The Morgan fingerprint density at radius 3 is 2.39 bits per heavy atom. The molecular weight excluding hydrogens is 393 g/mol. The normalized spacial score (nSPS) is 19.5. The third-order valence-electron chi connectivity index (χ3n) is 6.55. The first kappa shape index (κ1) is 21.8. The molecule has 0 spiro atoms. The Morgan fingerprint density at radius 2 is 1.71 bits per heavy atom. The second-order valence-electron chi connectivity index (χ2n) is 8.63. The maximum Gasteiger partial charge on any atom is 0.166 e. The fourth-order valence-corrected chi connectivity index (χ4v) is 4.96. The fraction of sp³-hybridized carbons (Fsp3) is 0.500. The van der Waals surface area contributed by atoms with E-state index in [0.29, 0.717) is 31.4 Å². The highest BCUT2D eigenvalue weighted by molar-refractivity contribution is 6.02. The molecule has 2 aromatic rings. The molecule has 31 heavy (non-hydrogen) atoms. The first-order valence-corrected chi connectivity index (χ1v) is 11.5. The summed E-state index contributed by atoms with van der Waals surface area (Å²) in [5.74, 6) is 2.10. The number of benzene rings is 2. The van der Waals surface area contributed by atoms with Crippen LogP contribution >= 0.6 is 0 Å². The van der Waals surface area contributed by atoms with E-state index in [1.807, 2.05) is 38.1 Å². The van der Waals surface area contributed by atoms with Gasteiger partial charge in [-0.1, -0.05) is 18.2 Å². The van der Waals surface area contributed by atoms with Crippen LogP contribution in [0.2, 0.25) is 0 Å². The van der Waals surface area contributed by atoms with E-state index in [-0.39, 0.29) is 17.5 Å². The number of likely N-dealkylation sites (tertiary alicyclic amines) is 1. The van der Waals surface area contributed by atoms with Crippen molar-refractivity contribution in [3.8, 4) is 11.5 Å². The summed E-state index contributed by atoms with van der Waals surface area (Å²) in [6, 6.07) is 10.9. The summed E-state index contributed by atoms with van der Waals surface area (Å²) >= 11 is 0. The molecule has 166 valence electrons. The maximum atomic E-state index is 13.9. The predicted octanol–water partition coefficient (Wildman–Crippen LogP) is 5.28. The standard InChI is InChI=1S/C26H32FNO3/c1-3-30-24-15-20-14-21(26(29)22(20)16-25(24)31-4-2)13-18-9-11-28(12-10-18)17-19-7-5-6-8-23(19)27/h5-8,15-16,18,21H,3-4,9-14,17H2,1-2H3. The third kappa shape index (κ3) is 4.93. The van der Waals surface area contributed by atoms with Gasteiger partial charge in [0.2, 0.25) is 0 Å². The minimum atomic E-state index is -0.128. The molecule has 1 unspecified atom stereocenters. The number of piperidine rings is 1. The molecule has 1 atom stereocenters. The van der Waals surface area contributed by atoms with Crippen molar-refractivity contribution in [2.24, 2.45) is 11.8 Å². The fourth-order valence-electron chi connectivity index (χ4n) is 4.96. The molecule has 1 saturated heterocycles. The molecule has 4 nitrogen and oxygen atoms in total. The van der Waals surface area contributed by atoms with Gasteiger partial charge in [0.15, 0.2) is 17.3 Å². The van der Waals surface area contributed by atoms with Crippen LogP contribution in [0, 0.1) is 17.7 Å². The Bertz CT molecular complexity index is 921. The highest BCUT2D eigenvalue weighted by Gasteiger charge is 2.34. The molecule has 0 amide bonds. The van der Waals surface area contributed by atoms with Crippen molar-refractivity contribution in [3.63, 3.8) is 0 Å². The van der Waals surface area contributed by atoms with Gasteiger partial charge in [0.05, 0.1) is 13.2 Å². The predicted molar refractivity (Wildman–Crippen MR) is 119 cm³/mol. The summed E-state index contributed by atoms with van der Waals surface area (Å²) in [7, 11) is 0. The van der Waals surface area contributed by atoms with Crippen molar-refractivity contribution in [3.05, 3.63) is 58.9 Å². The van der Waals surface area contributed by atoms with E-state index < -0.39 is 0 Å². The molecule has 2 aliphatic rings. The maximum absolute atomic E-state index is 13.9. The van der Waals surface area contributed by atoms with Crippen LogP contribution in [-0.4, -0.2) is 37.0 Å². The second-order valence-corrected chi connectivity index (χ2v) is 8.63. The van der Waals surface area contributed by atoms with Gasteiger partial charge in [-0.3, -0.25) is 9.69 Å². The van der Waals surface area contributed by atoms with Gasteiger partial charge in [0, 0.05) is 23.6 Å². The van der Waals surface area contributed by atoms with Crippen LogP contribution in [0.15, 0.2) is 36.4 Å². The van der Waals surface area contributed by atoms with Crippen molar-refractivity contribution in [2.75, 3.05) is 26.3 Å². The quantitative estimate of drug-likeness (QED) is 0.577. The van der Waals surface area contributed by atoms with Crippen LogP contribution in [-0.2, 0) is 13.0 Å². The van der Waals surface area contributed by atoms with Gasteiger partial charge < -0.3 is 9.47 Å². The molecule has 0 saturated carbocycles. The summed E-state index contributed by atoms with van der Waals surface area (Å²) in [6.07, 6.45) is 3.83. The first-order chi connectivity index (χ1) is 15.1. The van der Waals surface area contributed by atoms with E-state index in [9.17, 15) is 9.18 Å². The van der Waals surface area contributed by atoms with Crippen LogP contribution in [0.25, 0.3) is 0 Å². The minimum absolute atomic E-state index is 0.0458. The van der Waals surface area contributed by atoms with E-state index in [0.717, 1.165) is 61.2 Å². The average molecular weight is 426 g/mol. The summed E-state index contributed by atoms with van der Waals surface area (Å²) in [5, 5.41) is 0. The lowest BCUT2D eigenvalue weighted by molar-refractivity contribution is 0.0895. The van der Waals surface area contributed by atoms with Crippen molar-refractivity contribution in [2.45, 2.75) is 46.1 Å². The Morgan fingerprint density at radius 1 is 1.03 bits per heavy atom. The topological polar surface area (TPSA) is 38.8 Å². The molecular formula is C26H32FNO3.